The summed E-state index contributed by atoms with van der Waals surface area (Å²) in [6.07, 6.45) is -1.94. The molecule has 4 rings (SSSR count). The number of thiazole rings is 1. The number of hydrogen-bond donors (Lipinski definition) is 1. The Morgan fingerprint density at radius 1 is 1.18 bits per heavy atom. The van der Waals surface area contributed by atoms with Crippen molar-refractivity contribution in [1.29, 1.82) is 0 Å². The van der Waals surface area contributed by atoms with Gasteiger partial charge in [0.1, 0.15) is 5.75 Å². The quantitative estimate of drug-likeness (QED) is 0.429. The first-order valence-electron chi connectivity index (χ1n) is 9.24. The number of carbonyl (C=O) groups excluding carboxylic acids is 1. The van der Waals surface area contributed by atoms with Gasteiger partial charge in [-0.15, -0.1) is 0 Å². The van der Waals surface area contributed by atoms with E-state index in [1.807, 2.05) is 0 Å². The van der Waals surface area contributed by atoms with Crippen LogP contribution in [0.5, 0.6) is 5.75 Å². The number of nitrogens with zero attached hydrogens (tertiary/aromatic N) is 3. The van der Waals surface area contributed by atoms with Crippen molar-refractivity contribution >= 4 is 42.4 Å². The maximum absolute atomic E-state index is 12.8. The van der Waals surface area contributed by atoms with Gasteiger partial charge in [-0.2, -0.15) is 18.3 Å². The summed E-state index contributed by atoms with van der Waals surface area (Å²) in [5.41, 5.74) is -0.263. The topological polar surface area (TPSA) is 103 Å². The third kappa shape index (κ3) is 5.31. The number of aromatic nitrogens is 3. The van der Waals surface area contributed by atoms with Crippen molar-refractivity contribution in [3.63, 3.8) is 0 Å². The summed E-state index contributed by atoms with van der Waals surface area (Å²) in [6.45, 7) is -0.204. The molecule has 8 nitrogen and oxygen atoms in total. The zero-order valence-electron chi connectivity index (χ0n) is 16.8. The Labute approximate surface area is 189 Å². The molecule has 2 aromatic heterocycles. The van der Waals surface area contributed by atoms with Crippen molar-refractivity contribution in [2.45, 2.75) is 17.8 Å². The molecule has 172 valence electrons. The normalized spacial score (nSPS) is 12.1. The highest BCUT2D eigenvalue weighted by molar-refractivity contribution is 7.90. The first-order valence-corrected chi connectivity index (χ1v) is 12.0. The van der Waals surface area contributed by atoms with E-state index in [0.717, 1.165) is 29.7 Å². The van der Waals surface area contributed by atoms with E-state index in [4.69, 9.17) is 4.74 Å². The molecule has 33 heavy (non-hydrogen) atoms. The Balaban J connectivity index is 1.42. The molecule has 2 heterocycles. The minimum Gasteiger partial charge on any atom is -0.471 e. The average molecular weight is 496 g/mol. The van der Waals surface area contributed by atoms with Crippen molar-refractivity contribution in [3.8, 4) is 5.75 Å². The first kappa shape index (κ1) is 22.7. The van der Waals surface area contributed by atoms with Crippen molar-refractivity contribution in [2.75, 3.05) is 11.6 Å². The Morgan fingerprint density at radius 2 is 1.97 bits per heavy atom. The summed E-state index contributed by atoms with van der Waals surface area (Å²) in [7, 11) is -3.37. The summed E-state index contributed by atoms with van der Waals surface area (Å²) in [6, 6.07) is 10.3. The van der Waals surface area contributed by atoms with Crippen LogP contribution in [-0.2, 0) is 22.7 Å². The minimum absolute atomic E-state index is 0.00858. The number of sulfone groups is 1. The fraction of sp³-hybridized carbons (Fsp3) is 0.150. The van der Waals surface area contributed by atoms with E-state index in [9.17, 15) is 26.4 Å². The van der Waals surface area contributed by atoms with Crippen LogP contribution in [0.15, 0.2) is 59.6 Å². The molecule has 0 radical (unpaired) electrons. The van der Waals surface area contributed by atoms with Crippen LogP contribution < -0.4 is 10.1 Å². The molecule has 0 aliphatic rings. The number of hydrogen-bond acceptors (Lipinski definition) is 7. The van der Waals surface area contributed by atoms with Gasteiger partial charge in [0.25, 0.3) is 5.91 Å². The lowest BCUT2D eigenvalue weighted by Gasteiger charge is -2.10. The summed E-state index contributed by atoms with van der Waals surface area (Å²) >= 11 is 1.11. The van der Waals surface area contributed by atoms with Gasteiger partial charge in [-0.25, -0.2) is 18.1 Å². The van der Waals surface area contributed by atoms with Gasteiger partial charge in [0, 0.05) is 12.5 Å². The van der Waals surface area contributed by atoms with Gasteiger partial charge in [-0.1, -0.05) is 17.4 Å². The Kier molecular flexibility index (Phi) is 5.84. The van der Waals surface area contributed by atoms with E-state index >= 15 is 0 Å². The molecule has 2 aromatic carbocycles. The average Bonchev–Trinajstić information content (AvgIpc) is 3.37. The zero-order chi connectivity index (χ0) is 23.8. The summed E-state index contributed by atoms with van der Waals surface area (Å²) < 4.78 is 68.9. The van der Waals surface area contributed by atoms with E-state index in [2.05, 4.69) is 15.4 Å². The van der Waals surface area contributed by atoms with Crippen molar-refractivity contribution in [1.82, 2.24) is 14.8 Å². The van der Waals surface area contributed by atoms with Gasteiger partial charge in [-0.3, -0.25) is 10.1 Å². The van der Waals surface area contributed by atoms with Crippen LogP contribution in [0.4, 0.5) is 18.3 Å². The highest BCUT2D eigenvalue weighted by Gasteiger charge is 2.30. The number of fused-ring (bicyclic) bond motifs is 1. The number of benzene rings is 2. The van der Waals surface area contributed by atoms with E-state index in [1.165, 1.54) is 41.2 Å². The van der Waals surface area contributed by atoms with E-state index in [0.29, 0.717) is 10.2 Å². The standard InChI is InChI=1S/C20H15F3N4O4S2/c1-33(29,30)14-5-6-15-17(10-14)32-19(24-15)25-18(28)16-7-8-27(26-16)11-31-13-4-2-3-12(9-13)20(21,22)23/h2-10H,11H2,1H3,(H,24,25,28). The molecule has 1 N–H and O–H groups in total. The lowest BCUT2D eigenvalue weighted by atomic mass is 10.2. The number of anilines is 1. The predicted octanol–water partition coefficient (Wildman–Crippen LogP) is 4.20. The van der Waals surface area contributed by atoms with Gasteiger partial charge in [0.05, 0.1) is 20.7 Å². The molecular weight excluding hydrogens is 481 g/mol. The van der Waals surface area contributed by atoms with E-state index < -0.39 is 27.5 Å². The first-order chi connectivity index (χ1) is 15.5. The predicted molar refractivity (Wildman–Crippen MR) is 115 cm³/mol. The van der Waals surface area contributed by atoms with Crippen LogP contribution in [0.2, 0.25) is 0 Å². The molecule has 1 amide bonds. The fourth-order valence-electron chi connectivity index (χ4n) is 2.81. The molecule has 0 bridgehead atoms. The number of halogens is 3. The third-order valence-corrected chi connectivity index (χ3v) is 6.45. The molecule has 0 aliphatic heterocycles. The molecule has 0 spiro atoms. The van der Waals surface area contributed by atoms with Crippen LogP contribution in [0.3, 0.4) is 0 Å². The van der Waals surface area contributed by atoms with E-state index in [-0.39, 0.29) is 28.2 Å². The fourth-order valence-corrected chi connectivity index (χ4v) is 4.43. The van der Waals surface area contributed by atoms with Crippen LogP contribution in [-0.4, -0.2) is 35.3 Å². The maximum Gasteiger partial charge on any atom is 0.416 e. The highest BCUT2D eigenvalue weighted by atomic mass is 32.2. The zero-order valence-corrected chi connectivity index (χ0v) is 18.5. The summed E-state index contributed by atoms with van der Waals surface area (Å²) in [5.74, 6) is -0.551. The van der Waals surface area contributed by atoms with Gasteiger partial charge >= 0.3 is 6.18 Å². The highest BCUT2D eigenvalue weighted by Crippen LogP contribution is 2.31. The van der Waals surface area contributed by atoms with Crippen molar-refractivity contribution in [3.05, 3.63) is 66.0 Å². The number of alkyl halides is 3. The molecule has 13 heteroatoms. The van der Waals surface area contributed by atoms with Gasteiger partial charge in [-0.05, 0) is 42.5 Å². The van der Waals surface area contributed by atoms with Crippen LogP contribution in [0.1, 0.15) is 16.1 Å². The monoisotopic (exact) mass is 496 g/mol. The van der Waals surface area contributed by atoms with Gasteiger partial charge < -0.3 is 4.74 Å². The van der Waals surface area contributed by atoms with Crippen molar-refractivity contribution < 1.29 is 31.1 Å². The Hall–Kier alpha value is -3.45. The molecule has 0 unspecified atom stereocenters. The lowest BCUT2D eigenvalue weighted by Crippen LogP contribution is -2.14. The number of nitrogens with one attached hydrogen (secondary N) is 1. The van der Waals surface area contributed by atoms with Crippen LogP contribution >= 0.6 is 11.3 Å². The number of rotatable bonds is 6. The SMILES string of the molecule is CS(=O)(=O)c1ccc2nc(NC(=O)c3ccn(COc4cccc(C(F)(F)F)c4)n3)sc2c1. The van der Waals surface area contributed by atoms with E-state index in [1.54, 1.807) is 6.07 Å². The van der Waals surface area contributed by atoms with Crippen LogP contribution in [0.25, 0.3) is 10.2 Å². The Bertz CT molecular complexity index is 1450. The number of amides is 1. The van der Waals surface area contributed by atoms with Crippen LogP contribution in [0, 0.1) is 0 Å². The second-order valence-corrected chi connectivity index (χ2v) is 9.96. The minimum atomic E-state index is -4.48. The second kappa shape index (κ2) is 8.48. The molecule has 0 fully saturated rings. The molecule has 4 aromatic rings. The maximum atomic E-state index is 12.8. The molecule has 0 saturated heterocycles. The summed E-state index contributed by atoms with van der Waals surface area (Å²) in [5, 5.41) is 6.90. The molecule has 0 atom stereocenters. The second-order valence-electron chi connectivity index (χ2n) is 6.91. The number of ether oxygens (including phenoxy) is 1. The lowest BCUT2D eigenvalue weighted by molar-refractivity contribution is -0.137. The van der Waals surface area contributed by atoms with Crippen molar-refractivity contribution in [2.24, 2.45) is 0 Å². The van der Waals surface area contributed by atoms with Gasteiger partial charge in [0.2, 0.25) is 0 Å². The number of carbonyl (C=O) groups is 1. The Morgan fingerprint density at radius 3 is 2.70 bits per heavy atom. The smallest absolute Gasteiger partial charge is 0.416 e. The molecule has 0 saturated carbocycles. The molecular formula is C20H15F3N4O4S2. The molecule has 0 aliphatic carbocycles. The van der Waals surface area contributed by atoms with Gasteiger partial charge in [0.15, 0.2) is 27.4 Å². The largest absolute Gasteiger partial charge is 0.471 e. The third-order valence-electron chi connectivity index (χ3n) is 4.41. The summed E-state index contributed by atoms with van der Waals surface area (Å²) in [4.78, 5) is 16.9.